The van der Waals surface area contributed by atoms with Gasteiger partial charge in [-0.3, -0.25) is 0 Å². The van der Waals surface area contributed by atoms with Crippen molar-refractivity contribution < 1.29 is 55.5 Å². The maximum atomic E-state index is 4.94. The van der Waals surface area contributed by atoms with Gasteiger partial charge in [-0.15, -0.1) is 24.8 Å². The maximum Gasteiger partial charge on any atom is 0.0466 e. The fourth-order valence-electron chi connectivity index (χ4n) is 1.85. The van der Waals surface area contributed by atoms with Crippen LogP contribution in [0.5, 0.6) is 0 Å². The van der Waals surface area contributed by atoms with Crippen molar-refractivity contribution in [2.75, 3.05) is 39.6 Å². The van der Waals surface area contributed by atoms with Crippen LogP contribution in [0.15, 0.2) is 24.3 Å². The number of hydrogen-bond acceptors (Lipinski definition) is 3. The molecule has 23 heavy (non-hydrogen) atoms. The Morgan fingerprint density at radius 2 is 0.696 bits per heavy atom. The molecule has 4 rings (SSSR count). The van der Waals surface area contributed by atoms with Gasteiger partial charge in [-0.2, -0.15) is 0 Å². The second-order valence-corrected chi connectivity index (χ2v) is 4.92. The third-order valence-corrected chi connectivity index (χ3v) is 3.04. The van der Waals surface area contributed by atoms with Crippen molar-refractivity contribution in [1.82, 2.24) is 0 Å². The fourth-order valence-corrected chi connectivity index (χ4v) is 1.85. The molecule has 3 fully saturated rings. The van der Waals surface area contributed by atoms with Crippen LogP contribution in [0.25, 0.3) is 0 Å². The van der Waals surface area contributed by atoms with E-state index in [9.17, 15) is 0 Å². The molecule has 134 valence electrons. The van der Waals surface area contributed by atoms with Gasteiger partial charge < -0.3 is 14.2 Å². The molecule has 0 aromatic heterocycles. The molecule has 0 N–H and O–H groups in total. The van der Waals surface area contributed by atoms with Crippen molar-refractivity contribution >= 4 is 24.8 Å². The molecule has 3 aliphatic heterocycles. The number of ether oxygens (including phenoxy) is 3. The average Bonchev–Trinajstić information content (AvgIpc) is 3.40. The van der Waals surface area contributed by atoms with Crippen molar-refractivity contribution in [1.29, 1.82) is 0 Å². The number of halogens is 2. The van der Waals surface area contributed by atoms with Crippen LogP contribution in [-0.4, -0.2) is 39.6 Å². The van der Waals surface area contributed by atoms with Crippen LogP contribution in [0.4, 0.5) is 0 Å². The van der Waals surface area contributed by atoms with Crippen molar-refractivity contribution in [3.05, 3.63) is 30.7 Å². The smallest absolute Gasteiger partial charge is 0.0466 e. The monoisotopic (exact) mass is 494 g/mol. The number of allylic oxidation sites excluding steroid dienone is 4. The number of rotatable bonds is 0. The van der Waals surface area contributed by atoms with E-state index in [-0.39, 0.29) is 66.1 Å². The van der Waals surface area contributed by atoms with E-state index in [1.165, 1.54) is 38.5 Å². The Kier molecular flexibility index (Phi) is 32.3. The van der Waals surface area contributed by atoms with Gasteiger partial charge in [0, 0.05) is 87.4 Å². The van der Waals surface area contributed by atoms with E-state index >= 15 is 0 Å². The van der Waals surface area contributed by atoms with Gasteiger partial charge in [-0.1, -0.05) is 24.3 Å². The third-order valence-electron chi connectivity index (χ3n) is 3.04. The zero-order valence-corrected chi connectivity index (χ0v) is 19.3. The molecule has 0 aromatic rings. The van der Waals surface area contributed by atoms with E-state index < -0.39 is 0 Å². The Balaban J connectivity index is -0.000000222. The molecule has 2 radical (unpaired) electrons. The number of hydrogen-bond donors (Lipinski definition) is 0. The molecule has 0 saturated carbocycles. The van der Waals surface area contributed by atoms with Crippen LogP contribution >= 0.6 is 24.8 Å². The molecule has 3 heterocycles. The summed E-state index contributed by atoms with van der Waals surface area (Å²) in [4.78, 5) is 0. The first kappa shape index (κ1) is 29.1. The summed E-state index contributed by atoms with van der Waals surface area (Å²) in [7, 11) is 0. The van der Waals surface area contributed by atoms with Crippen LogP contribution in [0.2, 0.25) is 0 Å². The van der Waals surface area contributed by atoms with E-state index in [0.717, 1.165) is 39.6 Å². The molecule has 0 aromatic carbocycles. The van der Waals surface area contributed by atoms with Gasteiger partial charge >= 0.3 is 0 Å². The molecule has 0 spiro atoms. The standard InChI is InChI=1S/C5H5.3C4H8O.2ClH.Pr/c4*1-2-4-5-3-1;;;/h1-5H;3*1-4H2;2*1H;. The molecule has 0 atom stereocenters. The quantitative estimate of drug-likeness (QED) is 0.494. The summed E-state index contributed by atoms with van der Waals surface area (Å²) in [5, 5.41) is 0. The molecule has 0 unspecified atom stereocenters. The molecule has 3 saturated heterocycles. The molecule has 4 aliphatic rings. The SMILES string of the molecule is C1CCOC1.C1CCOC1.C1CCOC1.Cl.Cl.[CH]1C=CC=C1.[Pr]. The van der Waals surface area contributed by atoms with E-state index in [1.807, 2.05) is 30.7 Å². The Hall–Kier alpha value is 1.30. The van der Waals surface area contributed by atoms with Gasteiger partial charge in [0.25, 0.3) is 0 Å². The van der Waals surface area contributed by atoms with Gasteiger partial charge in [0.1, 0.15) is 0 Å². The molecule has 3 nitrogen and oxygen atoms in total. The molecule has 1 aliphatic carbocycles. The summed E-state index contributed by atoms with van der Waals surface area (Å²) in [6, 6.07) is 0. The van der Waals surface area contributed by atoms with Gasteiger partial charge in [0.05, 0.1) is 0 Å². The van der Waals surface area contributed by atoms with Gasteiger partial charge in [0.2, 0.25) is 0 Å². The molecule has 6 heteroatoms. The van der Waals surface area contributed by atoms with E-state index in [1.54, 1.807) is 0 Å². The molecule has 0 amide bonds. The average molecular weight is 495 g/mol. The summed E-state index contributed by atoms with van der Waals surface area (Å²) in [5.41, 5.74) is 0. The third kappa shape index (κ3) is 23.3. The summed E-state index contributed by atoms with van der Waals surface area (Å²) in [6.07, 6.45) is 17.7. The first-order chi connectivity index (χ1) is 10.0. The van der Waals surface area contributed by atoms with Gasteiger partial charge in [0.15, 0.2) is 0 Å². The Bertz CT molecular complexity index is 196. The van der Waals surface area contributed by atoms with Gasteiger partial charge in [-0.25, -0.2) is 0 Å². The minimum Gasteiger partial charge on any atom is -0.381 e. The summed E-state index contributed by atoms with van der Waals surface area (Å²) < 4.78 is 14.8. The second-order valence-electron chi connectivity index (χ2n) is 4.92. The topological polar surface area (TPSA) is 27.7 Å². The predicted molar refractivity (Wildman–Crippen MR) is 97.2 cm³/mol. The van der Waals surface area contributed by atoms with Crippen LogP contribution in [-0.2, 0) is 14.2 Å². The van der Waals surface area contributed by atoms with Crippen LogP contribution < -0.4 is 0 Å². The molecular formula is C17H31Cl2O3Pr. The van der Waals surface area contributed by atoms with Gasteiger partial charge in [-0.05, 0) is 38.5 Å². The van der Waals surface area contributed by atoms with Crippen molar-refractivity contribution in [3.8, 4) is 0 Å². The van der Waals surface area contributed by atoms with Crippen molar-refractivity contribution in [2.24, 2.45) is 0 Å². The Morgan fingerprint density at radius 3 is 0.783 bits per heavy atom. The Labute approximate surface area is 187 Å². The Morgan fingerprint density at radius 1 is 0.435 bits per heavy atom. The second kappa shape index (κ2) is 25.5. The largest absolute Gasteiger partial charge is 0.381 e. The van der Waals surface area contributed by atoms with E-state index in [0.29, 0.717) is 0 Å². The minimum absolute atomic E-state index is 0. The molecular weight excluding hydrogens is 464 g/mol. The molecule has 0 bridgehead atoms. The van der Waals surface area contributed by atoms with Crippen molar-refractivity contribution in [2.45, 2.75) is 38.5 Å². The minimum atomic E-state index is 0. The zero-order chi connectivity index (χ0) is 14.1. The van der Waals surface area contributed by atoms with Crippen molar-refractivity contribution in [3.63, 3.8) is 0 Å². The fraction of sp³-hybridized carbons (Fsp3) is 0.706. The maximum absolute atomic E-state index is 4.94. The summed E-state index contributed by atoms with van der Waals surface area (Å²) >= 11 is 0. The summed E-state index contributed by atoms with van der Waals surface area (Å²) in [5.74, 6) is 0. The zero-order valence-electron chi connectivity index (χ0n) is 14.0. The van der Waals surface area contributed by atoms with Crippen LogP contribution in [0, 0.1) is 47.7 Å². The van der Waals surface area contributed by atoms with E-state index in [2.05, 4.69) is 0 Å². The summed E-state index contributed by atoms with van der Waals surface area (Å²) in [6.45, 7) is 6.00. The first-order valence-electron chi connectivity index (χ1n) is 7.90. The predicted octanol–water partition coefficient (Wildman–Crippen LogP) is 4.55. The van der Waals surface area contributed by atoms with E-state index in [4.69, 9.17) is 14.2 Å². The van der Waals surface area contributed by atoms with Crippen LogP contribution in [0.1, 0.15) is 38.5 Å². The van der Waals surface area contributed by atoms with Crippen LogP contribution in [0.3, 0.4) is 0 Å². The normalized spacial score (nSPS) is 19.5. The first-order valence-corrected chi connectivity index (χ1v) is 7.90.